The van der Waals surface area contributed by atoms with Crippen molar-refractivity contribution in [2.24, 2.45) is 0 Å². The van der Waals surface area contributed by atoms with Crippen molar-refractivity contribution in [3.05, 3.63) is 76.2 Å². The Morgan fingerprint density at radius 2 is 1.87 bits per heavy atom. The van der Waals surface area contributed by atoms with Gasteiger partial charge in [0.1, 0.15) is 17.3 Å². The first-order valence-electron chi connectivity index (χ1n) is 10.1. The van der Waals surface area contributed by atoms with E-state index in [0.717, 1.165) is 25.9 Å². The van der Waals surface area contributed by atoms with E-state index in [9.17, 15) is 9.18 Å². The highest BCUT2D eigenvalue weighted by atomic mass is 35.5. The number of nitrogens with one attached hydrogen (secondary N) is 1. The van der Waals surface area contributed by atoms with Crippen LogP contribution in [0.25, 0.3) is 17.4 Å². The normalized spacial score (nSPS) is 14.2. The molecule has 1 amide bonds. The molecule has 0 radical (unpaired) electrons. The van der Waals surface area contributed by atoms with Crippen LogP contribution in [0.15, 0.2) is 59.0 Å². The molecule has 31 heavy (non-hydrogen) atoms. The largest absolute Gasteiger partial charge is 0.457 e. The summed E-state index contributed by atoms with van der Waals surface area (Å²) in [5.41, 5.74) is 1.65. The number of halogens is 3. The number of carbonyl (C=O) groups excluding carboxylic acids is 1. The number of piperidine rings is 1. The summed E-state index contributed by atoms with van der Waals surface area (Å²) in [6.07, 6.45) is 6.19. The fourth-order valence-corrected chi connectivity index (χ4v) is 3.99. The Labute approximate surface area is 190 Å². The summed E-state index contributed by atoms with van der Waals surface area (Å²) < 4.78 is 20.2. The van der Waals surface area contributed by atoms with Crippen LogP contribution in [0.2, 0.25) is 10.0 Å². The van der Waals surface area contributed by atoms with Gasteiger partial charge in [-0.15, -0.1) is 0 Å². The lowest BCUT2D eigenvalue weighted by molar-refractivity contribution is -0.111. The smallest absolute Gasteiger partial charge is 0.248 e. The molecule has 1 N–H and O–H groups in total. The molecule has 0 saturated carbocycles. The van der Waals surface area contributed by atoms with Crippen LogP contribution in [-0.4, -0.2) is 19.0 Å². The van der Waals surface area contributed by atoms with Crippen LogP contribution in [-0.2, 0) is 4.79 Å². The van der Waals surface area contributed by atoms with E-state index in [1.807, 2.05) is 4.90 Å². The number of carbonyl (C=O) groups is 1. The maximum atomic E-state index is 14.5. The molecule has 1 saturated heterocycles. The molecule has 0 spiro atoms. The van der Waals surface area contributed by atoms with Gasteiger partial charge in [0, 0.05) is 30.4 Å². The van der Waals surface area contributed by atoms with Gasteiger partial charge in [0.25, 0.3) is 0 Å². The second kappa shape index (κ2) is 9.58. The maximum absolute atomic E-state index is 14.5. The minimum Gasteiger partial charge on any atom is -0.457 e. The molecule has 4 nitrogen and oxygen atoms in total. The summed E-state index contributed by atoms with van der Waals surface area (Å²) in [7, 11) is 0. The minimum atomic E-state index is -0.385. The van der Waals surface area contributed by atoms with E-state index in [0.29, 0.717) is 38.5 Å². The quantitative estimate of drug-likeness (QED) is 0.417. The van der Waals surface area contributed by atoms with Crippen LogP contribution in [0, 0.1) is 5.82 Å². The predicted molar refractivity (Wildman–Crippen MR) is 124 cm³/mol. The number of hydrogen-bond acceptors (Lipinski definition) is 3. The number of amides is 1. The van der Waals surface area contributed by atoms with Crippen LogP contribution in [0.5, 0.6) is 0 Å². The molecule has 0 atom stereocenters. The van der Waals surface area contributed by atoms with Crippen molar-refractivity contribution >= 4 is 46.6 Å². The van der Waals surface area contributed by atoms with Gasteiger partial charge < -0.3 is 14.6 Å². The Balaban J connectivity index is 1.40. The standard InChI is InChI=1S/C24H21Cl2FN2O2/c25-19-6-4-5-18(24(19)26)22-11-8-17(31-22)9-12-23(30)28-16-7-10-21(20(27)15-16)29-13-2-1-3-14-29/h4-12,15H,1-3,13-14H2,(H,28,30)/b12-9+. The Bertz CT molecular complexity index is 1120. The van der Waals surface area contributed by atoms with E-state index in [-0.39, 0.29) is 11.7 Å². The summed E-state index contributed by atoms with van der Waals surface area (Å²) in [6, 6.07) is 13.5. The van der Waals surface area contributed by atoms with Gasteiger partial charge in [-0.1, -0.05) is 29.3 Å². The molecular formula is C24H21Cl2FN2O2. The van der Waals surface area contributed by atoms with E-state index in [1.165, 1.54) is 24.6 Å². The van der Waals surface area contributed by atoms with E-state index in [4.69, 9.17) is 27.6 Å². The monoisotopic (exact) mass is 458 g/mol. The van der Waals surface area contributed by atoms with Gasteiger partial charge in [-0.05, 0) is 67.8 Å². The number of rotatable bonds is 5. The van der Waals surface area contributed by atoms with Crippen LogP contribution in [0.4, 0.5) is 15.8 Å². The van der Waals surface area contributed by atoms with Gasteiger partial charge in [0.2, 0.25) is 5.91 Å². The number of nitrogens with zero attached hydrogens (tertiary/aromatic N) is 1. The first kappa shape index (κ1) is 21.5. The summed E-state index contributed by atoms with van der Waals surface area (Å²) in [5.74, 6) is 0.303. The van der Waals surface area contributed by atoms with Gasteiger partial charge in [-0.3, -0.25) is 4.79 Å². The highest BCUT2D eigenvalue weighted by Gasteiger charge is 2.15. The third-order valence-electron chi connectivity index (χ3n) is 5.15. The number of furan rings is 1. The first-order valence-corrected chi connectivity index (χ1v) is 10.8. The van der Waals surface area contributed by atoms with Gasteiger partial charge in [-0.2, -0.15) is 0 Å². The van der Waals surface area contributed by atoms with E-state index < -0.39 is 0 Å². The van der Waals surface area contributed by atoms with E-state index in [1.54, 1.807) is 42.5 Å². The molecule has 0 aliphatic carbocycles. The molecule has 7 heteroatoms. The van der Waals surface area contributed by atoms with Crippen molar-refractivity contribution < 1.29 is 13.6 Å². The molecule has 2 heterocycles. The summed E-state index contributed by atoms with van der Waals surface area (Å²) >= 11 is 12.3. The molecule has 3 aromatic rings. The topological polar surface area (TPSA) is 45.5 Å². The van der Waals surface area contributed by atoms with E-state index in [2.05, 4.69) is 5.32 Å². The number of benzene rings is 2. The third-order valence-corrected chi connectivity index (χ3v) is 5.97. The highest BCUT2D eigenvalue weighted by molar-refractivity contribution is 6.43. The minimum absolute atomic E-state index is 0.335. The zero-order valence-electron chi connectivity index (χ0n) is 16.7. The third kappa shape index (κ3) is 5.12. The molecule has 1 aromatic heterocycles. The van der Waals surface area contributed by atoms with Gasteiger partial charge in [0.05, 0.1) is 15.7 Å². The summed E-state index contributed by atoms with van der Waals surface area (Å²) in [6.45, 7) is 1.72. The van der Waals surface area contributed by atoms with Crippen molar-refractivity contribution in [3.8, 4) is 11.3 Å². The fraction of sp³-hybridized carbons (Fsp3) is 0.208. The Hall–Kier alpha value is -2.76. The molecule has 1 aliphatic heterocycles. The second-order valence-corrected chi connectivity index (χ2v) is 8.13. The van der Waals surface area contributed by atoms with Crippen LogP contribution in [0.1, 0.15) is 25.0 Å². The molecule has 0 unspecified atom stereocenters. The zero-order valence-corrected chi connectivity index (χ0v) is 18.2. The van der Waals surface area contributed by atoms with Gasteiger partial charge in [0.15, 0.2) is 0 Å². The highest BCUT2D eigenvalue weighted by Crippen LogP contribution is 2.34. The van der Waals surface area contributed by atoms with E-state index >= 15 is 0 Å². The Morgan fingerprint density at radius 1 is 1.06 bits per heavy atom. The zero-order chi connectivity index (χ0) is 21.8. The van der Waals surface area contributed by atoms with Crippen molar-refractivity contribution in [3.63, 3.8) is 0 Å². The fourth-order valence-electron chi connectivity index (χ4n) is 3.60. The lowest BCUT2D eigenvalue weighted by Crippen LogP contribution is -2.30. The molecule has 0 bridgehead atoms. The van der Waals surface area contributed by atoms with Gasteiger partial charge >= 0.3 is 0 Å². The molecule has 1 aliphatic rings. The van der Waals surface area contributed by atoms with Crippen LogP contribution < -0.4 is 10.2 Å². The SMILES string of the molecule is O=C(/C=C/c1ccc(-c2cccc(Cl)c2Cl)o1)Nc1ccc(N2CCCCC2)c(F)c1. The van der Waals surface area contributed by atoms with Gasteiger partial charge in [-0.25, -0.2) is 4.39 Å². The summed E-state index contributed by atoms with van der Waals surface area (Å²) in [5, 5.41) is 3.51. The first-order chi connectivity index (χ1) is 15.0. The van der Waals surface area contributed by atoms with Crippen LogP contribution >= 0.6 is 23.2 Å². The Morgan fingerprint density at radius 3 is 2.65 bits per heavy atom. The molecule has 4 rings (SSSR count). The Kier molecular flexibility index (Phi) is 6.64. The maximum Gasteiger partial charge on any atom is 0.248 e. The number of hydrogen-bond donors (Lipinski definition) is 1. The van der Waals surface area contributed by atoms with Crippen molar-refractivity contribution in [2.45, 2.75) is 19.3 Å². The average molecular weight is 459 g/mol. The molecule has 1 fully saturated rings. The average Bonchev–Trinajstić information content (AvgIpc) is 3.24. The van der Waals surface area contributed by atoms with Crippen molar-refractivity contribution in [1.82, 2.24) is 0 Å². The lowest BCUT2D eigenvalue weighted by Gasteiger charge is -2.29. The van der Waals surface area contributed by atoms with Crippen LogP contribution in [0.3, 0.4) is 0 Å². The van der Waals surface area contributed by atoms with Crippen molar-refractivity contribution in [1.29, 1.82) is 0 Å². The summed E-state index contributed by atoms with van der Waals surface area (Å²) in [4.78, 5) is 14.3. The predicted octanol–water partition coefficient (Wildman–Crippen LogP) is 7.03. The molecular weight excluding hydrogens is 438 g/mol. The lowest BCUT2D eigenvalue weighted by atomic mass is 10.1. The molecule has 2 aromatic carbocycles. The second-order valence-electron chi connectivity index (χ2n) is 7.34. The number of anilines is 2. The van der Waals surface area contributed by atoms with Crippen molar-refractivity contribution in [2.75, 3.05) is 23.3 Å². The molecule has 160 valence electrons.